The first-order valence-electron chi connectivity index (χ1n) is 13.8. The first kappa shape index (κ1) is 25.7. The SMILES string of the molecule is Cc1ccc(C=CC(=O)N(C)[C@@H]2CC[C@@]3(O)[C@H]4Cc5ccc(O)c6c5[C@@]3(CCN4CC3CC3)[C@H]2O6)cc1.Cl. The van der Waals surface area contributed by atoms with Crippen molar-refractivity contribution in [1.29, 1.82) is 0 Å². The predicted molar refractivity (Wildman–Crippen MR) is 149 cm³/mol. The molecule has 0 unspecified atom stereocenters. The number of ether oxygens (including phenoxy) is 1. The molecule has 0 aromatic heterocycles. The molecule has 2 aliphatic heterocycles. The van der Waals surface area contributed by atoms with Crippen LogP contribution in [0, 0.1) is 12.8 Å². The molecular formula is C31H37ClN2O4. The Morgan fingerprint density at radius 1 is 1.16 bits per heavy atom. The number of hydrogen-bond acceptors (Lipinski definition) is 5. The maximum Gasteiger partial charge on any atom is 0.246 e. The molecule has 0 radical (unpaired) electrons. The van der Waals surface area contributed by atoms with Crippen LogP contribution in [-0.4, -0.2) is 69.8 Å². The standard InChI is InChI=1S/C31H36N2O4.ClH/c1-19-3-5-20(6-4-19)9-12-26(35)32(2)23-13-14-31(36)25-17-22-10-11-24(34)28-27(22)30(31,29(23)37-28)15-16-33(25)18-21-7-8-21;/h3-6,9-12,21,23,25,29,34,36H,7-8,13-18H2,1-2H3;1H/t23-,25-,29+,30+,31-;/m1./s1. The van der Waals surface area contributed by atoms with Crippen molar-refractivity contribution in [3.63, 3.8) is 0 Å². The molecule has 2 aromatic carbocycles. The van der Waals surface area contributed by atoms with Crippen molar-refractivity contribution in [3.05, 3.63) is 64.7 Å². The topological polar surface area (TPSA) is 73.2 Å². The van der Waals surface area contributed by atoms with Crippen LogP contribution in [0.25, 0.3) is 6.08 Å². The van der Waals surface area contributed by atoms with Gasteiger partial charge >= 0.3 is 0 Å². The fourth-order valence-corrected chi connectivity index (χ4v) is 7.98. The molecule has 5 atom stereocenters. The number of aliphatic hydroxyl groups is 1. The number of aromatic hydroxyl groups is 1. The number of likely N-dealkylation sites (tertiary alicyclic amines) is 1. The van der Waals surface area contributed by atoms with Crippen molar-refractivity contribution >= 4 is 24.4 Å². The van der Waals surface area contributed by atoms with Gasteiger partial charge in [0.15, 0.2) is 11.5 Å². The first-order chi connectivity index (χ1) is 17.8. The summed E-state index contributed by atoms with van der Waals surface area (Å²) < 4.78 is 6.62. The van der Waals surface area contributed by atoms with Crippen molar-refractivity contribution in [2.45, 2.75) is 74.7 Å². The number of nitrogens with zero attached hydrogens (tertiary/aromatic N) is 2. The summed E-state index contributed by atoms with van der Waals surface area (Å²) in [5.74, 6) is 1.34. The molecule has 2 bridgehead atoms. The van der Waals surface area contributed by atoms with E-state index in [0.29, 0.717) is 18.6 Å². The number of rotatable bonds is 5. The van der Waals surface area contributed by atoms with E-state index in [1.807, 2.05) is 50.4 Å². The highest BCUT2D eigenvalue weighted by molar-refractivity contribution is 5.92. The molecule has 2 heterocycles. The van der Waals surface area contributed by atoms with Crippen LogP contribution in [0.2, 0.25) is 0 Å². The number of phenolic OH excluding ortho intramolecular Hbond substituents is 1. The van der Waals surface area contributed by atoms with Gasteiger partial charge in [-0.3, -0.25) is 9.69 Å². The van der Waals surface area contributed by atoms with Gasteiger partial charge in [0.2, 0.25) is 5.91 Å². The van der Waals surface area contributed by atoms with Crippen LogP contribution in [0.3, 0.4) is 0 Å². The lowest BCUT2D eigenvalue weighted by molar-refractivity contribution is -0.200. The van der Waals surface area contributed by atoms with Gasteiger partial charge in [0.25, 0.3) is 0 Å². The quantitative estimate of drug-likeness (QED) is 0.560. The summed E-state index contributed by atoms with van der Waals surface area (Å²) in [6.45, 7) is 4.02. The molecule has 202 valence electrons. The average Bonchev–Trinajstić information content (AvgIpc) is 3.63. The number of aryl methyl sites for hydroxylation is 1. The summed E-state index contributed by atoms with van der Waals surface area (Å²) >= 11 is 0. The van der Waals surface area contributed by atoms with Crippen molar-refractivity contribution < 1.29 is 19.7 Å². The van der Waals surface area contributed by atoms with Gasteiger partial charge in [-0.15, -0.1) is 12.4 Å². The van der Waals surface area contributed by atoms with E-state index >= 15 is 0 Å². The predicted octanol–water partition coefficient (Wildman–Crippen LogP) is 4.23. The van der Waals surface area contributed by atoms with E-state index in [-0.39, 0.29) is 42.3 Å². The highest BCUT2D eigenvalue weighted by Gasteiger charge is 2.73. The molecule has 3 fully saturated rings. The number of carbonyl (C=O) groups is 1. The number of carbonyl (C=O) groups excluding carboxylic acids is 1. The van der Waals surface area contributed by atoms with Crippen LogP contribution < -0.4 is 4.74 Å². The highest BCUT2D eigenvalue weighted by Crippen LogP contribution is 2.66. The van der Waals surface area contributed by atoms with Crippen LogP contribution in [0.1, 0.15) is 54.4 Å². The van der Waals surface area contributed by atoms with E-state index in [1.165, 1.54) is 24.0 Å². The third-order valence-corrected chi connectivity index (χ3v) is 10.1. The first-order valence-corrected chi connectivity index (χ1v) is 13.8. The normalized spacial score (nSPS) is 32.9. The second-order valence-electron chi connectivity index (χ2n) is 12.1. The molecule has 7 rings (SSSR count). The number of benzene rings is 2. The molecule has 2 saturated carbocycles. The summed E-state index contributed by atoms with van der Waals surface area (Å²) in [5.41, 5.74) is 2.81. The minimum Gasteiger partial charge on any atom is -0.504 e. The largest absolute Gasteiger partial charge is 0.504 e. The van der Waals surface area contributed by atoms with Gasteiger partial charge in [-0.2, -0.15) is 0 Å². The van der Waals surface area contributed by atoms with Crippen LogP contribution in [0.4, 0.5) is 0 Å². The van der Waals surface area contributed by atoms with Gasteiger partial charge < -0.3 is 19.8 Å². The number of halogens is 1. The third kappa shape index (κ3) is 3.56. The Labute approximate surface area is 230 Å². The van der Waals surface area contributed by atoms with Gasteiger partial charge in [-0.1, -0.05) is 35.9 Å². The van der Waals surface area contributed by atoms with Crippen molar-refractivity contribution in [1.82, 2.24) is 9.80 Å². The number of piperidine rings is 1. The number of amides is 1. The average molecular weight is 537 g/mol. The van der Waals surface area contributed by atoms with Crippen molar-refractivity contribution in [2.75, 3.05) is 20.1 Å². The van der Waals surface area contributed by atoms with Crippen LogP contribution in [0.15, 0.2) is 42.5 Å². The Morgan fingerprint density at radius 2 is 1.92 bits per heavy atom. The molecule has 2 aromatic rings. The minimum atomic E-state index is -0.936. The van der Waals surface area contributed by atoms with E-state index in [9.17, 15) is 15.0 Å². The second-order valence-corrected chi connectivity index (χ2v) is 12.1. The smallest absolute Gasteiger partial charge is 0.246 e. The van der Waals surface area contributed by atoms with E-state index in [2.05, 4.69) is 4.90 Å². The number of hydrogen-bond donors (Lipinski definition) is 2. The minimum absolute atomic E-state index is 0. The molecule has 38 heavy (non-hydrogen) atoms. The third-order valence-electron chi connectivity index (χ3n) is 10.1. The van der Waals surface area contributed by atoms with Crippen LogP contribution in [-0.2, 0) is 16.6 Å². The highest BCUT2D eigenvalue weighted by atomic mass is 35.5. The molecule has 6 nitrogen and oxygen atoms in total. The zero-order valence-corrected chi connectivity index (χ0v) is 22.9. The van der Waals surface area contributed by atoms with Gasteiger partial charge in [-0.25, -0.2) is 0 Å². The van der Waals surface area contributed by atoms with E-state index in [0.717, 1.165) is 43.0 Å². The Hall–Kier alpha value is -2.54. The number of phenols is 1. The maximum atomic E-state index is 13.4. The lowest BCUT2D eigenvalue weighted by Gasteiger charge is -2.64. The number of likely N-dealkylation sites (N-methyl/N-ethyl adjacent to an activating group) is 1. The molecule has 1 amide bonds. The summed E-state index contributed by atoms with van der Waals surface area (Å²) in [4.78, 5) is 17.7. The molecule has 1 saturated heterocycles. The molecule has 3 aliphatic carbocycles. The second kappa shape index (κ2) is 9.00. The van der Waals surface area contributed by atoms with Crippen LogP contribution >= 0.6 is 12.4 Å². The molecule has 2 N–H and O–H groups in total. The van der Waals surface area contributed by atoms with Gasteiger partial charge in [0.05, 0.1) is 17.1 Å². The Balaban J connectivity index is 0.00000264. The molecule has 1 spiro atoms. The lowest BCUT2D eigenvalue weighted by Crippen LogP contribution is -2.78. The van der Waals surface area contributed by atoms with E-state index in [1.54, 1.807) is 17.0 Å². The lowest BCUT2D eigenvalue weighted by atomic mass is 9.48. The summed E-state index contributed by atoms with van der Waals surface area (Å²) in [5, 5.41) is 23.4. The van der Waals surface area contributed by atoms with Crippen molar-refractivity contribution in [3.8, 4) is 11.5 Å². The van der Waals surface area contributed by atoms with Gasteiger partial charge in [0, 0.05) is 31.3 Å². The zero-order valence-electron chi connectivity index (χ0n) is 22.1. The summed E-state index contributed by atoms with van der Waals surface area (Å²) in [6, 6.07) is 11.7. The fourth-order valence-electron chi connectivity index (χ4n) is 7.98. The molecule has 7 heteroatoms. The van der Waals surface area contributed by atoms with E-state index in [4.69, 9.17) is 4.74 Å². The Bertz CT molecular complexity index is 1290. The fraction of sp³-hybridized carbons (Fsp3) is 0.516. The zero-order chi connectivity index (χ0) is 25.5. The monoisotopic (exact) mass is 536 g/mol. The van der Waals surface area contributed by atoms with Crippen molar-refractivity contribution in [2.24, 2.45) is 5.92 Å². The summed E-state index contributed by atoms with van der Waals surface area (Å²) in [7, 11) is 1.85. The molecular weight excluding hydrogens is 500 g/mol. The molecule has 5 aliphatic rings. The van der Waals surface area contributed by atoms with Crippen LogP contribution in [0.5, 0.6) is 11.5 Å². The summed E-state index contributed by atoms with van der Waals surface area (Å²) in [6.07, 6.45) is 8.53. The maximum absolute atomic E-state index is 13.4. The van der Waals surface area contributed by atoms with Gasteiger partial charge in [-0.05, 0) is 81.2 Å². The van der Waals surface area contributed by atoms with E-state index < -0.39 is 11.0 Å². The van der Waals surface area contributed by atoms with Gasteiger partial charge in [0.1, 0.15) is 6.10 Å². The Morgan fingerprint density at radius 3 is 2.66 bits per heavy atom. The Kier molecular flexibility index (Phi) is 6.09.